The number of pyridine rings is 3. The quantitative estimate of drug-likeness (QED) is 0.493. The molecule has 4 heterocycles. The first-order valence-corrected chi connectivity index (χ1v) is 13.3. The third-order valence-corrected chi connectivity index (χ3v) is 7.06. The van der Waals surface area contributed by atoms with Crippen LogP contribution in [0.3, 0.4) is 0 Å². The molecule has 0 saturated carbocycles. The molecule has 0 aliphatic carbocycles. The van der Waals surface area contributed by atoms with Gasteiger partial charge in [0, 0.05) is 94.6 Å². The Kier molecular flexibility index (Phi) is 8.83. The van der Waals surface area contributed by atoms with Crippen LogP contribution in [0.2, 0.25) is 0 Å². The minimum absolute atomic E-state index is 0.416. The topological polar surface area (TPSA) is 48.4 Å². The van der Waals surface area contributed by atoms with Crippen LogP contribution in [0, 0.1) is 0 Å². The largest absolute Gasteiger partial charge is 0.292 e. The third-order valence-electron chi connectivity index (χ3n) is 7.06. The second-order valence-corrected chi connectivity index (χ2v) is 11.1. The fraction of sp³-hybridized carbons (Fsp3) is 0.500. The van der Waals surface area contributed by atoms with Gasteiger partial charge in [0.1, 0.15) is 0 Å². The number of hydrogen-bond donors (Lipinski definition) is 0. The Morgan fingerprint density at radius 2 is 0.611 bits per heavy atom. The number of rotatable bonds is 3. The molecule has 0 aromatic carbocycles. The van der Waals surface area contributed by atoms with E-state index in [-0.39, 0.29) is 0 Å². The van der Waals surface area contributed by atoms with E-state index in [9.17, 15) is 0 Å². The van der Waals surface area contributed by atoms with Crippen molar-refractivity contribution >= 4 is 0 Å². The predicted octanol–water partition coefficient (Wildman–Crippen LogP) is 5.42. The monoisotopic (exact) mass is 486 g/mol. The Morgan fingerprint density at radius 1 is 0.417 bits per heavy atom. The van der Waals surface area contributed by atoms with Crippen LogP contribution >= 0.6 is 0 Å². The number of nitrogens with zero attached hydrogens (tertiary/aromatic N) is 6. The van der Waals surface area contributed by atoms with Gasteiger partial charge in [-0.25, -0.2) is 0 Å². The molecule has 0 fully saturated rings. The Labute approximate surface area is 217 Å². The lowest BCUT2D eigenvalue weighted by Gasteiger charge is -2.29. The van der Waals surface area contributed by atoms with Gasteiger partial charge in [-0.15, -0.1) is 0 Å². The first-order valence-electron chi connectivity index (χ1n) is 13.3. The van der Waals surface area contributed by atoms with E-state index in [4.69, 9.17) is 0 Å². The van der Waals surface area contributed by atoms with Crippen LogP contribution in [-0.2, 0) is 39.3 Å². The molecule has 0 amide bonds. The molecule has 3 aromatic rings. The Balaban J connectivity index is 1.73. The zero-order chi connectivity index (χ0) is 25.7. The van der Waals surface area contributed by atoms with Gasteiger partial charge in [-0.2, -0.15) is 0 Å². The summed E-state index contributed by atoms with van der Waals surface area (Å²) in [5, 5.41) is 0. The molecule has 1 aliphatic rings. The van der Waals surface area contributed by atoms with Crippen LogP contribution < -0.4 is 0 Å². The summed E-state index contributed by atoms with van der Waals surface area (Å²) in [4.78, 5) is 21.4. The van der Waals surface area contributed by atoms with Gasteiger partial charge in [0.2, 0.25) is 0 Å². The highest BCUT2D eigenvalue weighted by molar-refractivity contribution is 5.23. The van der Waals surface area contributed by atoms with Crippen molar-refractivity contribution in [2.75, 3.05) is 0 Å². The highest BCUT2D eigenvalue weighted by Crippen LogP contribution is 2.20. The number of aromatic nitrogens is 3. The molecular formula is C30H42N6. The first-order chi connectivity index (χ1) is 17.3. The predicted molar refractivity (Wildman–Crippen MR) is 146 cm³/mol. The Morgan fingerprint density at radius 3 is 0.778 bits per heavy atom. The molecule has 6 heteroatoms. The van der Waals surface area contributed by atoms with E-state index >= 15 is 0 Å². The zero-order valence-corrected chi connectivity index (χ0v) is 22.9. The lowest BCUT2D eigenvalue weighted by molar-refractivity contribution is 0.196. The van der Waals surface area contributed by atoms with E-state index in [1.807, 2.05) is 37.2 Å². The van der Waals surface area contributed by atoms with Crippen LogP contribution in [0.25, 0.3) is 0 Å². The minimum atomic E-state index is 0.416. The summed E-state index contributed by atoms with van der Waals surface area (Å²) in [5.41, 5.74) is 7.53. The second kappa shape index (κ2) is 12.0. The van der Waals surface area contributed by atoms with Crippen molar-refractivity contribution in [2.45, 2.75) is 98.9 Å². The Bertz CT molecular complexity index is 920. The highest BCUT2D eigenvalue weighted by Gasteiger charge is 2.17. The van der Waals surface area contributed by atoms with E-state index < -0.39 is 0 Å². The van der Waals surface area contributed by atoms with Crippen molar-refractivity contribution in [3.63, 3.8) is 0 Å². The zero-order valence-electron chi connectivity index (χ0n) is 22.9. The SMILES string of the molecule is CC(C)N1Cc2cncc(c2)CN(C(C)C)Cc2cncc(c2)CN(C(C)C)Cc2cncc(c2)C1. The summed E-state index contributed by atoms with van der Waals surface area (Å²) in [7, 11) is 0. The van der Waals surface area contributed by atoms with Gasteiger partial charge in [-0.1, -0.05) is 18.2 Å². The average Bonchev–Trinajstić information content (AvgIpc) is 2.83. The lowest BCUT2D eigenvalue weighted by atomic mass is 10.1. The van der Waals surface area contributed by atoms with Gasteiger partial charge in [0.15, 0.2) is 0 Å². The molecular weight excluding hydrogens is 444 g/mol. The van der Waals surface area contributed by atoms with Gasteiger partial charge in [-0.05, 0) is 74.9 Å². The molecule has 0 atom stereocenters. The van der Waals surface area contributed by atoms with Gasteiger partial charge in [-0.3, -0.25) is 29.7 Å². The lowest BCUT2D eigenvalue weighted by Crippen LogP contribution is -2.32. The van der Waals surface area contributed by atoms with Crippen LogP contribution in [0.5, 0.6) is 0 Å². The van der Waals surface area contributed by atoms with Crippen molar-refractivity contribution in [1.82, 2.24) is 29.7 Å². The molecule has 0 unspecified atom stereocenters. The third kappa shape index (κ3) is 7.19. The number of hydrogen-bond acceptors (Lipinski definition) is 6. The van der Waals surface area contributed by atoms with E-state index in [0.29, 0.717) is 18.1 Å². The second-order valence-electron chi connectivity index (χ2n) is 11.1. The first kappa shape index (κ1) is 26.4. The van der Waals surface area contributed by atoms with Crippen LogP contribution in [0.15, 0.2) is 55.4 Å². The van der Waals surface area contributed by atoms with E-state index in [0.717, 1.165) is 39.3 Å². The van der Waals surface area contributed by atoms with Crippen molar-refractivity contribution in [3.05, 3.63) is 88.8 Å². The molecule has 0 N–H and O–H groups in total. The molecule has 0 saturated heterocycles. The molecule has 192 valence electrons. The summed E-state index contributed by atoms with van der Waals surface area (Å²) >= 11 is 0. The molecule has 1 aliphatic heterocycles. The van der Waals surface area contributed by atoms with Crippen molar-refractivity contribution < 1.29 is 0 Å². The van der Waals surface area contributed by atoms with Crippen molar-refractivity contribution in [1.29, 1.82) is 0 Å². The summed E-state index contributed by atoms with van der Waals surface area (Å²) in [5.74, 6) is 0. The normalized spacial score (nSPS) is 16.9. The smallest absolute Gasteiger partial charge is 0.0313 e. The molecule has 0 radical (unpaired) electrons. The standard InChI is InChI=1S/C30H42N6/c1-22(2)34-16-25-7-27(12-31-10-25)18-35(23(3)4)20-29-9-30(15-33-14-29)21-36(24(5)6)19-28-8-26(17-34)11-32-13-28/h7-15,22-24H,16-21H2,1-6H3. The van der Waals surface area contributed by atoms with Crippen LogP contribution in [0.1, 0.15) is 74.9 Å². The summed E-state index contributed by atoms with van der Waals surface area (Å²) < 4.78 is 0. The van der Waals surface area contributed by atoms with Crippen molar-refractivity contribution in [2.24, 2.45) is 0 Å². The van der Waals surface area contributed by atoms with Crippen LogP contribution in [-0.4, -0.2) is 47.8 Å². The fourth-order valence-corrected chi connectivity index (χ4v) is 4.81. The molecule has 36 heavy (non-hydrogen) atoms. The maximum absolute atomic E-state index is 4.62. The fourth-order valence-electron chi connectivity index (χ4n) is 4.81. The molecule has 4 rings (SSSR count). The van der Waals surface area contributed by atoms with E-state index in [1.54, 1.807) is 0 Å². The summed E-state index contributed by atoms with van der Waals surface area (Å²) in [6, 6.07) is 8.22. The summed E-state index contributed by atoms with van der Waals surface area (Å²) in [6.07, 6.45) is 12.1. The molecule has 6 nitrogen and oxygen atoms in total. The molecule has 3 aromatic heterocycles. The van der Waals surface area contributed by atoms with Gasteiger partial charge >= 0.3 is 0 Å². The van der Waals surface area contributed by atoms with Gasteiger partial charge in [0.25, 0.3) is 0 Å². The number of fused-ring (bicyclic) bond motifs is 6. The molecule has 0 spiro atoms. The van der Waals surface area contributed by atoms with Crippen molar-refractivity contribution in [3.8, 4) is 0 Å². The van der Waals surface area contributed by atoms with Gasteiger partial charge < -0.3 is 0 Å². The van der Waals surface area contributed by atoms with Gasteiger partial charge in [0.05, 0.1) is 0 Å². The van der Waals surface area contributed by atoms with Crippen LogP contribution in [0.4, 0.5) is 0 Å². The highest BCUT2D eigenvalue weighted by atomic mass is 15.2. The average molecular weight is 487 g/mol. The maximum atomic E-state index is 4.62. The van der Waals surface area contributed by atoms with E-state index in [2.05, 4.69) is 89.4 Å². The minimum Gasteiger partial charge on any atom is -0.292 e. The maximum Gasteiger partial charge on any atom is 0.0313 e. The summed E-state index contributed by atoms with van der Waals surface area (Å²) in [6.45, 7) is 18.8. The molecule has 6 bridgehead atoms. The van der Waals surface area contributed by atoms with E-state index in [1.165, 1.54) is 33.4 Å². The Hall–Kier alpha value is -2.67.